The average Bonchev–Trinajstić information content (AvgIpc) is 3.14. The number of likely N-dealkylation sites (tertiary alicyclic amines) is 1. The number of fused-ring (bicyclic) bond motifs is 1. The van der Waals surface area contributed by atoms with Gasteiger partial charge in [0.25, 0.3) is 0 Å². The molecular formula is C40H51FN4O4. The third-order valence-corrected chi connectivity index (χ3v) is 10.6. The van der Waals surface area contributed by atoms with Crippen molar-refractivity contribution in [2.24, 2.45) is 5.92 Å². The molecule has 0 radical (unpaired) electrons. The van der Waals surface area contributed by atoms with Crippen LogP contribution in [0.1, 0.15) is 67.2 Å². The number of alkyl carbamates (subject to hydrolysis) is 1. The van der Waals surface area contributed by atoms with Crippen LogP contribution < -0.4 is 10.1 Å². The van der Waals surface area contributed by atoms with Crippen molar-refractivity contribution in [3.8, 4) is 5.75 Å². The van der Waals surface area contributed by atoms with Crippen LogP contribution in [-0.2, 0) is 29.1 Å². The molecule has 8 nitrogen and oxygen atoms in total. The van der Waals surface area contributed by atoms with Gasteiger partial charge < -0.3 is 24.6 Å². The molecule has 3 aromatic rings. The zero-order valence-electron chi connectivity index (χ0n) is 28.8. The van der Waals surface area contributed by atoms with E-state index in [1.807, 2.05) is 42.2 Å². The fourth-order valence-corrected chi connectivity index (χ4v) is 7.81. The summed E-state index contributed by atoms with van der Waals surface area (Å²) in [7, 11) is 0. The summed E-state index contributed by atoms with van der Waals surface area (Å²) in [5, 5.41) is 2.99. The van der Waals surface area contributed by atoms with E-state index in [1.165, 1.54) is 36.5 Å². The second kappa shape index (κ2) is 17.1. The number of rotatable bonds is 12. The predicted molar refractivity (Wildman–Crippen MR) is 189 cm³/mol. The molecule has 1 aliphatic carbocycles. The summed E-state index contributed by atoms with van der Waals surface area (Å²) in [5.41, 5.74) is 4.47. The fourth-order valence-electron chi connectivity index (χ4n) is 7.81. The number of piperazine rings is 1. The second-order valence-corrected chi connectivity index (χ2v) is 13.7. The molecule has 2 aliphatic heterocycles. The van der Waals surface area contributed by atoms with Gasteiger partial charge in [-0.05, 0) is 106 Å². The number of carbonyl (C=O) groups is 2. The molecule has 49 heavy (non-hydrogen) atoms. The first-order chi connectivity index (χ1) is 24.0. The van der Waals surface area contributed by atoms with Crippen molar-refractivity contribution in [2.45, 2.75) is 70.6 Å². The monoisotopic (exact) mass is 670 g/mol. The van der Waals surface area contributed by atoms with Gasteiger partial charge in [0.2, 0.25) is 5.91 Å². The second-order valence-electron chi connectivity index (χ2n) is 13.7. The number of halogens is 1. The Bertz CT molecular complexity index is 1520. The SMILES string of the molecule is CCOc1cccc(F)c1CN1CCN(C(=O)[C@H](NC(=O)OCc2ccccc2)C2CCN(CCC3CCCc4ccccc43)CC2)CC1. The lowest BCUT2D eigenvalue weighted by Gasteiger charge is -2.40. The van der Waals surface area contributed by atoms with E-state index in [2.05, 4.69) is 39.4 Å². The van der Waals surface area contributed by atoms with Crippen molar-refractivity contribution < 1.29 is 23.5 Å². The molecule has 0 bridgehead atoms. The normalized spacial score (nSPS) is 19.6. The molecular weight excluding hydrogens is 619 g/mol. The Kier molecular flexibility index (Phi) is 12.2. The van der Waals surface area contributed by atoms with E-state index in [-0.39, 0.29) is 24.2 Å². The Balaban J connectivity index is 1.05. The summed E-state index contributed by atoms with van der Waals surface area (Å²) in [5.74, 6) is 0.857. The fraction of sp³-hybridized carbons (Fsp3) is 0.500. The predicted octanol–water partition coefficient (Wildman–Crippen LogP) is 6.39. The molecule has 262 valence electrons. The number of hydrogen-bond acceptors (Lipinski definition) is 6. The largest absolute Gasteiger partial charge is 0.493 e. The molecule has 1 unspecified atom stereocenters. The maximum Gasteiger partial charge on any atom is 0.408 e. The van der Waals surface area contributed by atoms with Gasteiger partial charge in [-0.3, -0.25) is 9.69 Å². The smallest absolute Gasteiger partial charge is 0.408 e. The zero-order valence-corrected chi connectivity index (χ0v) is 28.8. The highest BCUT2D eigenvalue weighted by molar-refractivity contribution is 5.86. The number of carbonyl (C=O) groups excluding carboxylic acids is 2. The lowest BCUT2D eigenvalue weighted by molar-refractivity contribution is -0.137. The molecule has 0 aromatic heterocycles. The Morgan fingerprint density at radius 1 is 0.878 bits per heavy atom. The molecule has 3 aromatic carbocycles. The first-order valence-corrected chi connectivity index (χ1v) is 18.2. The van der Waals surface area contributed by atoms with Crippen LogP contribution in [0.4, 0.5) is 9.18 Å². The number of aryl methyl sites for hydroxylation is 1. The highest BCUT2D eigenvalue weighted by Crippen LogP contribution is 2.34. The number of ether oxygens (including phenoxy) is 2. The van der Waals surface area contributed by atoms with Gasteiger partial charge in [0.15, 0.2) is 0 Å². The van der Waals surface area contributed by atoms with Crippen LogP contribution in [-0.4, -0.2) is 85.2 Å². The van der Waals surface area contributed by atoms with E-state index >= 15 is 0 Å². The van der Waals surface area contributed by atoms with E-state index in [4.69, 9.17) is 9.47 Å². The highest BCUT2D eigenvalue weighted by Gasteiger charge is 2.37. The number of piperidine rings is 1. The molecule has 2 fully saturated rings. The Morgan fingerprint density at radius 2 is 1.63 bits per heavy atom. The average molecular weight is 671 g/mol. The van der Waals surface area contributed by atoms with Crippen molar-refractivity contribution in [3.63, 3.8) is 0 Å². The molecule has 0 spiro atoms. The van der Waals surface area contributed by atoms with Crippen LogP contribution in [0.3, 0.4) is 0 Å². The standard InChI is InChI=1S/C40H51FN4O4/c1-2-48-37-17-9-16-36(41)35(37)28-44-24-26-45(27-25-44)39(46)38(42-40(47)49-29-30-10-4-3-5-11-30)33-19-22-43(23-20-33)21-18-32-14-8-13-31-12-6-7-15-34(31)32/h3-7,9-12,15-17,32-33,38H,2,8,13-14,18-29H2,1H3,(H,42,47)/t32?,38-/m1/s1. The van der Waals surface area contributed by atoms with Gasteiger partial charge in [0.05, 0.1) is 6.61 Å². The van der Waals surface area contributed by atoms with Crippen LogP contribution in [0.15, 0.2) is 72.8 Å². The van der Waals surface area contributed by atoms with Gasteiger partial charge in [0, 0.05) is 38.3 Å². The number of benzene rings is 3. The first kappa shape index (κ1) is 34.9. The third kappa shape index (κ3) is 9.19. The van der Waals surface area contributed by atoms with E-state index < -0.39 is 12.1 Å². The van der Waals surface area contributed by atoms with E-state index in [1.54, 1.807) is 12.1 Å². The first-order valence-electron chi connectivity index (χ1n) is 18.2. The Labute approximate surface area is 290 Å². The molecule has 1 N–H and O–H groups in total. The van der Waals surface area contributed by atoms with Crippen molar-refractivity contribution in [1.82, 2.24) is 20.0 Å². The minimum atomic E-state index is -0.654. The van der Waals surface area contributed by atoms with Gasteiger partial charge in [-0.25, -0.2) is 9.18 Å². The molecule has 9 heteroatoms. The van der Waals surface area contributed by atoms with Gasteiger partial charge >= 0.3 is 6.09 Å². The van der Waals surface area contributed by atoms with Crippen LogP contribution in [0.25, 0.3) is 0 Å². The van der Waals surface area contributed by atoms with Crippen LogP contribution in [0.5, 0.6) is 5.75 Å². The quantitative estimate of drug-likeness (QED) is 0.241. The van der Waals surface area contributed by atoms with Crippen molar-refractivity contribution in [2.75, 3.05) is 52.4 Å². The van der Waals surface area contributed by atoms with Crippen LogP contribution in [0.2, 0.25) is 0 Å². The number of hydrogen-bond donors (Lipinski definition) is 1. The minimum Gasteiger partial charge on any atom is -0.493 e. The van der Waals surface area contributed by atoms with Crippen molar-refractivity contribution in [3.05, 3.63) is 101 Å². The lowest BCUT2D eigenvalue weighted by Crippen LogP contribution is -2.58. The molecule has 0 saturated carbocycles. The van der Waals surface area contributed by atoms with Gasteiger partial charge in [-0.2, -0.15) is 0 Å². The van der Waals surface area contributed by atoms with E-state index in [9.17, 15) is 14.0 Å². The highest BCUT2D eigenvalue weighted by atomic mass is 19.1. The van der Waals surface area contributed by atoms with Crippen molar-refractivity contribution >= 4 is 12.0 Å². The topological polar surface area (TPSA) is 74.3 Å². The molecule has 3 aliphatic rings. The Morgan fingerprint density at radius 3 is 2.41 bits per heavy atom. The number of nitrogens with one attached hydrogen (secondary N) is 1. The molecule has 2 heterocycles. The summed E-state index contributed by atoms with van der Waals surface area (Å²) in [4.78, 5) is 33.8. The van der Waals surface area contributed by atoms with Gasteiger partial charge in [-0.15, -0.1) is 0 Å². The van der Waals surface area contributed by atoms with Gasteiger partial charge in [-0.1, -0.05) is 60.7 Å². The number of amides is 2. The van der Waals surface area contributed by atoms with E-state index in [0.29, 0.717) is 56.6 Å². The van der Waals surface area contributed by atoms with Crippen LogP contribution >= 0.6 is 0 Å². The molecule has 2 amide bonds. The molecule has 6 rings (SSSR count). The Hall–Kier alpha value is -3.95. The number of nitrogens with zero attached hydrogens (tertiary/aromatic N) is 3. The summed E-state index contributed by atoms with van der Waals surface area (Å²) < 4.78 is 26.0. The summed E-state index contributed by atoms with van der Waals surface area (Å²) >= 11 is 0. The maximum absolute atomic E-state index is 14.7. The third-order valence-electron chi connectivity index (χ3n) is 10.6. The molecule has 2 atom stereocenters. The van der Waals surface area contributed by atoms with Crippen molar-refractivity contribution in [1.29, 1.82) is 0 Å². The van der Waals surface area contributed by atoms with Crippen LogP contribution in [0, 0.1) is 11.7 Å². The summed E-state index contributed by atoms with van der Waals surface area (Å²) in [6, 6.07) is 22.7. The summed E-state index contributed by atoms with van der Waals surface area (Å²) in [6.45, 7) is 8.02. The lowest BCUT2D eigenvalue weighted by atomic mass is 9.81. The maximum atomic E-state index is 14.7. The summed E-state index contributed by atoms with van der Waals surface area (Å²) in [6.07, 6.45) is 5.95. The zero-order chi connectivity index (χ0) is 34.0. The van der Waals surface area contributed by atoms with E-state index in [0.717, 1.165) is 44.5 Å². The van der Waals surface area contributed by atoms with Gasteiger partial charge in [0.1, 0.15) is 24.2 Å². The minimum absolute atomic E-state index is 0.0219. The molecule has 2 saturated heterocycles.